The zero-order valence-corrected chi connectivity index (χ0v) is 22.3. The number of nitrogens with zero attached hydrogens (tertiary/aromatic N) is 4. The number of ether oxygens (including phenoxy) is 1. The number of alkyl carbamates (subject to hydrolysis) is 1. The van der Waals surface area contributed by atoms with Crippen molar-refractivity contribution in [3.8, 4) is 0 Å². The van der Waals surface area contributed by atoms with Crippen LogP contribution >= 0.6 is 11.6 Å². The van der Waals surface area contributed by atoms with Crippen molar-refractivity contribution in [2.45, 2.75) is 63.1 Å². The van der Waals surface area contributed by atoms with Gasteiger partial charge in [0.2, 0.25) is 17.6 Å². The molecule has 11 nitrogen and oxygen atoms in total. The van der Waals surface area contributed by atoms with Crippen LogP contribution in [0.1, 0.15) is 59.0 Å². The summed E-state index contributed by atoms with van der Waals surface area (Å²) in [6, 6.07) is 1.13. The molecule has 1 atom stereocenters. The average Bonchev–Trinajstić information content (AvgIpc) is 3.46. The molecule has 1 aliphatic carbocycles. The highest BCUT2D eigenvalue weighted by molar-refractivity contribution is 6.32. The molecule has 2 N–H and O–H groups in total. The number of carbonyl (C=O) groups is 4. The second kappa shape index (κ2) is 10.2. The van der Waals surface area contributed by atoms with Crippen LogP contribution in [0.5, 0.6) is 0 Å². The van der Waals surface area contributed by atoms with Gasteiger partial charge < -0.3 is 19.5 Å². The van der Waals surface area contributed by atoms with E-state index in [0.717, 1.165) is 9.47 Å². The first-order valence-corrected chi connectivity index (χ1v) is 13.3. The van der Waals surface area contributed by atoms with Gasteiger partial charge in [0, 0.05) is 60.7 Å². The maximum atomic E-state index is 15.4. The zero-order valence-electron chi connectivity index (χ0n) is 21.5. The summed E-state index contributed by atoms with van der Waals surface area (Å²) in [6.45, 7) is -0.509. The minimum Gasteiger partial charge on any atom is -0.446 e. The van der Waals surface area contributed by atoms with Crippen LogP contribution in [0.15, 0.2) is 24.5 Å². The minimum atomic E-state index is -4.69. The molecule has 1 saturated carbocycles. The van der Waals surface area contributed by atoms with Crippen molar-refractivity contribution in [1.29, 1.82) is 0 Å². The summed E-state index contributed by atoms with van der Waals surface area (Å²) in [7, 11) is 0. The third-order valence-corrected chi connectivity index (χ3v) is 8.00. The summed E-state index contributed by atoms with van der Waals surface area (Å²) >= 11 is 6.32. The van der Waals surface area contributed by atoms with Gasteiger partial charge in [0.05, 0.1) is 17.3 Å². The van der Waals surface area contributed by atoms with Crippen molar-refractivity contribution in [2.24, 2.45) is 0 Å². The lowest BCUT2D eigenvalue weighted by atomic mass is 9.88. The first-order chi connectivity index (χ1) is 19.9. The van der Waals surface area contributed by atoms with Gasteiger partial charge in [-0.2, -0.15) is 13.2 Å². The molecular weight excluding hydrogens is 588 g/mol. The van der Waals surface area contributed by atoms with Gasteiger partial charge in [-0.05, 0) is 18.6 Å². The normalized spacial score (nSPS) is 22.2. The number of imidazole rings is 1. The third-order valence-electron chi connectivity index (χ3n) is 7.66. The number of hydrogen-bond donors (Lipinski definition) is 2. The molecule has 3 aromatic rings. The molecular formula is C26H21ClF4N6O5. The van der Waals surface area contributed by atoms with E-state index in [9.17, 15) is 32.3 Å². The molecule has 220 valence electrons. The highest BCUT2D eigenvalue weighted by Crippen LogP contribution is 2.42. The smallest absolute Gasteiger partial charge is 0.446 e. The second-order valence-electron chi connectivity index (χ2n) is 10.3. The Hall–Kier alpha value is -4.27. The molecule has 3 aliphatic rings. The number of imide groups is 1. The number of amides is 4. The Kier molecular flexibility index (Phi) is 6.78. The van der Waals surface area contributed by atoms with Gasteiger partial charge in [-0.3, -0.25) is 24.7 Å². The SMILES string of the molecule is O=C1CC[C@H](N2Cc3c(Cl)cc(CNC(=O)OC4CC(n5c(C(F)(F)F)nc6cnccc65)C4)c(F)c3C2=O)C(=O)N1. The Balaban J connectivity index is 1.09. The number of nitrogens with one attached hydrogen (secondary N) is 2. The molecule has 4 heterocycles. The summed E-state index contributed by atoms with van der Waals surface area (Å²) in [4.78, 5) is 57.8. The molecule has 2 fully saturated rings. The number of carbonyl (C=O) groups excluding carboxylic acids is 4. The molecule has 2 aromatic heterocycles. The van der Waals surface area contributed by atoms with Crippen molar-refractivity contribution in [2.75, 3.05) is 0 Å². The lowest BCUT2D eigenvalue weighted by molar-refractivity contribution is -0.149. The van der Waals surface area contributed by atoms with Gasteiger partial charge in [-0.1, -0.05) is 11.6 Å². The van der Waals surface area contributed by atoms with Gasteiger partial charge in [0.15, 0.2) is 0 Å². The first-order valence-electron chi connectivity index (χ1n) is 12.9. The lowest BCUT2D eigenvalue weighted by Crippen LogP contribution is -2.52. The molecule has 4 amide bonds. The number of aromatic nitrogens is 3. The van der Waals surface area contributed by atoms with Crippen LogP contribution in [-0.4, -0.2) is 55.4 Å². The molecule has 16 heteroatoms. The van der Waals surface area contributed by atoms with E-state index in [1.165, 1.54) is 24.5 Å². The number of fused-ring (bicyclic) bond motifs is 2. The Morgan fingerprint density at radius 3 is 2.71 bits per heavy atom. The fraction of sp³-hybridized carbons (Fsp3) is 0.385. The van der Waals surface area contributed by atoms with E-state index in [4.69, 9.17) is 16.3 Å². The minimum absolute atomic E-state index is 0.0334. The molecule has 0 bridgehead atoms. The van der Waals surface area contributed by atoms with E-state index >= 15 is 4.39 Å². The third kappa shape index (κ3) is 4.80. The van der Waals surface area contributed by atoms with Crippen LogP contribution in [0.25, 0.3) is 11.0 Å². The Labute approximate surface area is 239 Å². The van der Waals surface area contributed by atoms with Crippen molar-refractivity contribution in [3.63, 3.8) is 0 Å². The summed E-state index contributed by atoms with van der Waals surface area (Å²) < 4.78 is 62.6. The standard InChI is InChI=1S/C26H21ClF4N6O5/c27-15-5-11(21(28)20-14(15)10-36(23(20)40)18-1-2-19(38)35-22(18)39)8-33-25(41)42-13-6-12(7-13)37-17-3-4-32-9-16(17)34-24(37)26(29,30)31/h3-5,9,12-13,18H,1-2,6-8,10H2,(H,33,41)(H,35,38,39)/t12?,13?,18-/m0/s1. The van der Waals surface area contributed by atoms with Crippen LogP contribution in [0.2, 0.25) is 5.02 Å². The van der Waals surface area contributed by atoms with Crippen LogP contribution in [-0.2, 0) is 33.6 Å². The van der Waals surface area contributed by atoms with Crippen molar-refractivity contribution < 1.29 is 41.5 Å². The number of rotatable bonds is 5. The monoisotopic (exact) mass is 608 g/mol. The molecule has 0 unspecified atom stereocenters. The predicted molar refractivity (Wildman–Crippen MR) is 135 cm³/mol. The van der Waals surface area contributed by atoms with Gasteiger partial charge in [-0.25, -0.2) is 14.2 Å². The van der Waals surface area contributed by atoms with Gasteiger partial charge in [0.1, 0.15) is 23.5 Å². The van der Waals surface area contributed by atoms with Gasteiger partial charge in [-0.15, -0.1) is 0 Å². The van der Waals surface area contributed by atoms with E-state index in [2.05, 4.69) is 20.6 Å². The molecule has 1 saturated heterocycles. The lowest BCUT2D eigenvalue weighted by Gasteiger charge is -2.36. The molecule has 0 spiro atoms. The summed E-state index contributed by atoms with van der Waals surface area (Å²) in [6.07, 6.45) is -3.36. The van der Waals surface area contributed by atoms with Gasteiger partial charge >= 0.3 is 12.3 Å². The first kappa shape index (κ1) is 27.9. The van der Waals surface area contributed by atoms with Crippen LogP contribution < -0.4 is 10.6 Å². The number of alkyl halides is 3. The Bertz CT molecular complexity index is 1650. The van der Waals surface area contributed by atoms with E-state index in [1.54, 1.807) is 0 Å². The quantitative estimate of drug-likeness (QED) is 0.334. The van der Waals surface area contributed by atoms with Crippen molar-refractivity contribution >= 4 is 46.4 Å². The van der Waals surface area contributed by atoms with Gasteiger partial charge in [0.25, 0.3) is 5.91 Å². The highest BCUT2D eigenvalue weighted by Gasteiger charge is 2.44. The van der Waals surface area contributed by atoms with Crippen LogP contribution in [0, 0.1) is 5.82 Å². The number of hydrogen-bond acceptors (Lipinski definition) is 7. The maximum absolute atomic E-state index is 15.4. The average molecular weight is 609 g/mol. The van der Waals surface area contributed by atoms with E-state index in [0.29, 0.717) is 0 Å². The highest BCUT2D eigenvalue weighted by atomic mass is 35.5. The number of piperidine rings is 1. The van der Waals surface area contributed by atoms with Crippen molar-refractivity contribution in [1.82, 2.24) is 30.1 Å². The molecule has 6 rings (SSSR count). The predicted octanol–water partition coefficient (Wildman–Crippen LogP) is 3.63. The molecule has 0 radical (unpaired) electrons. The Morgan fingerprint density at radius 2 is 2.00 bits per heavy atom. The number of pyridine rings is 1. The summed E-state index contributed by atoms with van der Waals surface area (Å²) in [5, 5.41) is 4.60. The van der Waals surface area contributed by atoms with Crippen LogP contribution in [0.4, 0.5) is 22.4 Å². The molecule has 1 aromatic carbocycles. The Morgan fingerprint density at radius 1 is 1.24 bits per heavy atom. The van der Waals surface area contributed by atoms with Crippen molar-refractivity contribution in [3.05, 3.63) is 57.9 Å². The second-order valence-corrected chi connectivity index (χ2v) is 10.7. The topological polar surface area (TPSA) is 136 Å². The largest absolute Gasteiger partial charge is 0.449 e. The number of benzene rings is 1. The van der Waals surface area contributed by atoms with Crippen LogP contribution in [0.3, 0.4) is 0 Å². The molecule has 2 aliphatic heterocycles. The zero-order chi connectivity index (χ0) is 29.9. The van der Waals surface area contributed by atoms with E-state index in [-0.39, 0.29) is 65.0 Å². The fourth-order valence-corrected chi connectivity index (χ4v) is 5.85. The fourth-order valence-electron chi connectivity index (χ4n) is 5.56. The number of halogens is 5. The summed E-state index contributed by atoms with van der Waals surface area (Å²) in [5.41, 5.74) is 0.133. The molecule has 42 heavy (non-hydrogen) atoms. The maximum Gasteiger partial charge on any atom is 0.449 e. The summed E-state index contributed by atoms with van der Waals surface area (Å²) in [5.74, 6) is -3.85. The van der Waals surface area contributed by atoms with E-state index < -0.39 is 66.4 Å². The van der Waals surface area contributed by atoms with E-state index in [1.807, 2.05) is 0 Å².